The molecule has 0 bridgehead atoms. The maximum atomic E-state index is 12.1. The molecule has 0 spiro atoms. The molecule has 2 heterocycles. The topological polar surface area (TPSA) is 75.6 Å². The minimum atomic E-state index is -0.246. The van der Waals surface area contributed by atoms with Gasteiger partial charge in [0.1, 0.15) is 4.60 Å². The zero-order valence-corrected chi connectivity index (χ0v) is 13.8. The molecule has 2 rings (SSSR count). The van der Waals surface area contributed by atoms with Crippen LogP contribution in [0.1, 0.15) is 34.7 Å². The van der Waals surface area contributed by atoms with Gasteiger partial charge in [0, 0.05) is 18.8 Å². The van der Waals surface area contributed by atoms with E-state index in [0.717, 1.165) is 11.3 Å². The number of aromatic nitrogens is 4. The molecule has 0 aromatic carbocycles. The van der Waals surface area contributed by atoms with Gasteiger partial charge in [-0.05, 0) is 45.7 Å². The van der Waals surface area contributed by atoms with E-state index in [4.69, 9.17) is 0 Å². The molecule has 102 valence electrons. The van der Waals surface area contributed by atoms with E-state index in [2.05, 4.69) is 52.5 Å². The molecule has 0 fully saturated rings. The fourth-order valence-corrected chi connectivity index (χ4v) is 2.48. The van der Waals surface area contributed by atoms with Crippen molar-refractivity contribution >= 4 is 37.8 Å². The Morgan fingerprint density at radius 1 is 1.53 bits per heavy atom. The number of aryl methyl sites for hydroxylation is 2. The molecular weight excluding hydrogens is 378 g/mol. The first kappa shape index (κ1) is 14.3. The summed E-state index contributed by atoms with van der Waals surface area (Å²) < 4.78 is 2.98. The fraction of sp³-hybridized carbons (Fsp3) is 0.364. The summed E-state index contributed by atoms with van der Waals surface area (Å²) in [6, 6.07) is -0.136. The summed E-state index contributed by atoms with van der Waals surface area (Å²) in [7, 11) is 1.85. The highest BCUT2D eigenvalue weighted by molar-refractivity contribution is 9.13. The Balaban J connectivity index is 2.15. The van der Waals surface area contributed by atoms with Gasteiger partial charge < -0.3 is 5.32 Å². The van der Waals surface area contributed by atoms with Gasteiger partial charge in [-0.15, -0.1) is 0 Å². The summed E-state index contributed by atoms with van der Waals surface area (Å²) in [5, 5.41) is 13.8. The second kappa shape index (κ2) is 5.46. The summed E-state index contributed by atoms with van der Waals surface area (Å²) in [5.41, 5.74) is 2.21. The summed E-state index contributed by atoms with van der Waals surface area (Å²) in [6.45, 7) is 3.83. The Morgan fingerprint density at radius 3 is 2.68 bits per heavy atom. The second-order valence-electron chi connectivity index (χ2n) is 4.24. The molecule has 0 radical (unpaired) electrons. The van der Waals surface area contributed by atoms with Crippen molar-refractivity contribution in [1.29, 1.82) is 0 Å². The van der Waals surface area contributed by atoms with Gasteiger partial charge in [0.15, 0.2) is 5.69 Å². The van der Waals surface area contributed by atoms with Crippen molar-refractivity contribution in [1.82, 2.24) is 25.3 Å². The van der Waals surface area contributed by atoms with Gasteiger partial charge >= 0.3 is 0 Å². The highest BCUT2D eigenvalue weighted by Gasteiger charge is 2.20. The third-order valence-corrected chi connectivity index (χ3v) is 4.63. The third kappa shape index (κ3) is 2.89. The van der Waals surface area contributed by atoms with Gasteiger partial charge in [-0.25, -0.2) is 0 Å². The molecule has 19 heavy (non-hydrogen) atoms. The Bertz CT molecular complexity index is 619. The van der Waals surface area contributed by atoms with Crippen molar-refractivity contribution in [2.24, 2.45) is 7.05 Å². The number of carbonyl (C=O) groups excluding carboxylic acids is 1. The second-order valence-corrected chi connectivity index (χ2v) is 5.82. The van der Waals surface area contributed by atoms with Crippen molar-refractivity contribution in [2.75, 3.05) is 0 Å². The molecule has 1 amide bonds. The summed E-state index contributed by atoms with van der Waals surface area (Å²) in [6.07, 6.45) is 1.90. The van der Waals surface area contributed by atoms with Gasteiger partial charge in [0.2, 0.25) is 0 Å². The van der Waals surface area contributed by atoms with E-state index >= 15 is 0 Å². The SMILES string of the molecule is Cc1nn(C)cc1C(C)NC(=O)c1n[nH]c(Br)c1Br. The van der Waals surface area contributed by atoms with Gasteiger partial charge in [-0.1, -0.05) is 0 Å². The molecule has 0 saturated carbocycles. The minimum absolute atomic E-state index is 0.136. The standard InChI is InChI=1S/C11H13Br2N5O/c1-5(7-4-18(3)17-6(7)2)14-11(19)9-8(12)10(13)16-15-9/h4-5H,1-3H3,(H,14,19)(H,15,16). The molecule has 0 aliphatic carbocycles. The van der Waals surface area contributed by atoms with Crippen LogP contribution in [0, 0.1) is 6.92 Å². The molecule has 6 nitrogen and oxygen atoms in total. The predicted molar refractivity (Wildman–Crippen MR) is 77.8 cm³/mol. The number of amides is 1. The van der Waals surface area contributed by atoms with Crippen LogP contribution < -0.4 is 5.32 Å². The highest BCUT2D eigenvalue weighted by atomic mass is 79.9. The first-order valence-corrected chi connectivity index (χ1v) is 7.19. The first-order chi connectivity index (χ1) is 8.90. The maximum absolute atomic E-state index is 12.1. The van der Waals surface area contributed by atoms with Crippen LogP contribution in [0.2, 0.25) is 0 Å². The van der Waals surface area contributed by atoms with Crippen molar-refractivity contribution < 1.29 is 4.79 Å². The number of hydrogen-bond acceptors (Lipinski definition) is 3. The Labute approximate surface area is 127 Å². The molecule has 0 aliphatic heterocycles. The molecular formula is C11H13Br2N5O. The highest BCUT2D eigenvalue weighted by Crippen LogP contribution is 2.24. The molecule has 1 unspecified atom stereocenters. The molecule has 0 saturated heterocycles. The maximum Gasteiger partial charge on any atom is 0.273 e. The van der Waals surface area contributed by atoms with E-state index in [1.165, 1.54) is 0 Å². The van der Waals surface area contributed by atoms with Crippen LogP contribution in [0.15, 0.2) is 15.3 Å². The number of hydrogen-bond donors (Lipinski definition) is 2. The largest absolute Gasteiger partial charge is 0.344 e. The van der Waals surface area contributed by atoms with Gasteiger partial charge in [0.25, 0.3) is 5.91 Å². The minimum Gasteiger partial charge on any atom is -0.344 e. The quantitative estimate of drug-likeness (QED) is 0.845. The molecule has 0 aliphatic rings. The zero-order valence-electron chi connectivity index (χ0n) is 10.7. The Hall–Kier alpha value is -1.15. The van der Waals surface area contributed by atoms with Crippen LogP contribution in [-0.2, 0) is 7.05 Å². The number of rotatable bonds is 3. The average molecular weight is 391 g/mol. The van der Waals surface area contributed by atoms with E-state index in [0.29, 0.717) is 14.8 Å². The van der Waals surface area contributed by atoms with Gasteiger partial charge in [-0.2, -0.15) is 10.2 Å². The lowest BCUT2D eigenvalue weighted by Gasteiger charge is -2.12. The lowest BCUT2D eigenvalue weighted by Crippen LogP contribution is -2.27. The number of nitrogens with one attached hydrogen (secondary N) is 2. The van der Waals surface area contributed by atoms with Crippen LogP contribution in [0.25, 0.3) is 0 Å². The van der Waals surface area contributed by atoms with Crippen LogP contribution in [-0.4, -0.2) is 25.9 Å². The van der Waals surface area contributed by atoms with E-state index in [1.54, 1.807) is 4.68 Å². The Kier molecular flexibility index (Phi) is 4.10. The first-order valence-electron chi connectivity index (χ1n) is 5.60. The summed E-state index contributed by atoms with van der Waals surface area (Å²) >= 11 is 6.55. The van der Waals surface area contributed by atoms with E-state index < -0.39 is 0 Å². The molecule has 2 aromatic rings. The van der Waals surface area contributed by atoms with E-state index in [9.17, 15) is 4.79 Å². The van der Waals surface area contributed by atoms with Crippen molar-refractivity contribution in [3.63, 3.8) is 0 Å². The lowest BCUT2D eigenvalue weighted by molar-refractivity contribution is 0.0934. The predicted octanol–water partition coefficient (Wildman–Crippen LogP) is 2.47. The van der Waals surface area contributed by atoms with E-state index in [1.807, 2.05) is 27.1 Å². The normalized spacial score (nSPS) is 12.5. The fourth-order valence-electron chi connectivity index (χ4n) is 1.84. The van der Waals surface area contributed by atoms with Crippen LogP contribution >= 0.6 is 31.9 Å². The van der Waals surface area contributed by atoms with Crippen molar-refractivity contribution in [2.45, 2.75) is 19.9 Å². The summed E-state index contributed by atoms with van der Waals surface area (Å²) in [5.74, 6) is -0.246. The van der Waals surface area contributed by atoms with Crippen LogP contribution in [0.3, 0.4) is 0 Å². The number of aromatic amines is 1. The third-order valence-electron chi connectivity index (χ3n) is 2.75. The monoisotopic (exact) mass is 389 g/mol. The van der Waals surface area contributed by atoms with Crippen LogP contribution in [0.4, 0.5) is 0 Å². The van der Waals surface area contributed by atoms with Crippen molar-refractivity contribution in [3.8, 4) is 0 Å². The number of carbonyl (C=O) groups is 1. The van der Waals surface area contributed by atoms with Gasteiger partial charge in [-0.3, -0.25) is 14.6 Å². The Morgan fingerprint density at radius 2 is 2.21 bits per heavy atom. The molecule has 2 N–H and O–H groups in total. The average Bonchev–Trinajstić information content (AvgIpc) is 2.83. The van der Waals surface area contributed by atoms with Crippen molar-refractivity contribution in [3.05, 3.63) is 32.2 Å². The van der Waals surface area contributed by atoms with Crippen LogP contribution in [0.5, 0.6) is 0 Å². The molecule has 2 aromatic heterocycles. The smallest absolute Gasteiger partial charge is 0.273 e. The lowest BCUT2D eigenvalue weighted by atomic mass is 10.1. The molecule has 1 atom stereocenters. The number of H-pyrrole nitrogens is 1. The molecule has 8 heteroatoms. The zero-order chi connectivity index (χ0) is 14.2. The van der Waals surface area contributed by atoms with E-state index in [-0.39, 0.29) is 11.9 Å². The number of halogens is 2. The van der Waals surface area contributed by atoms with Gasteiger partial charge in [0.05, 0.1) is 16.2 Å². The summed E-state index contributed by atoms with van der Waals surface area (Å²) in [4.78, 5) is 12.1. The number of nitrogens with zero attached hydrogens (tertiary/aromatic N) is 3.